The van der Waals surface area contributed by atoms with Crippen LogP contribution in [0.4, 0.5) is 0 Å². The predicted octanol–water partition coefficient (Wildman–Crippen LogP) is 2.28. The zero-order valence-corrected chi connectivity index (χ0v) is 17.1. The third kappa shape index (κ3) is 5.48. The molecule has 1 N–H and O–H groups in total. The molecule has 0 saturated carbocycles. The van der Waals surface area contributed by atoms with Gasteiger partial charge < -0.3 is 19.1 Å². The van der Waals surface area contributed by atoms with Gasteiger partial charge >= 0.3 is 0 Å². The number of hydrogen-bond donors (Lipinski definition) is 1. The van der Waals surface area contributed by atoms with E-state index in [0.717, 1.165) is 45.0 Å². The summed E-state index contributed by atoms with van der Waals surface area (Å²) in [5.74, 6) is -0.0603. The molecule has 1 aromatic heterocycles. The van der Waals surface area contributed by atoms with Crippen molar-refractivity contribution in [1.82, 2.24) is 9.47 Å². The lowest BCUT2D eigenvalue weighted by atomic mass is 10.1. The summed E-state index contributed by atoms with van der Waals surface area (Å²) in [7, 11) is 1.99. The Bertz CT molecular complexity index is 772. The molecule has 5 nitrogen and oxygen atoms in total. The summed E-state index contributed by atoms with van der Waals surface area (Å²) in [6.45, 7) is 5.99. The first kappa shape index (κ1) is 20.2. The molecule has 2 aromatic rings. The van der Waals surface area contributed by atoms with E-state index >= 15 is 0 Å². The molecule has 1 saturated heterocycles. The minimum Gasteiger partial charge on any atom is -0.370 e. The van der Waals surface area contributed by atoms with Crippen LogP contribution in [-0.2, 0) is 18.3 Å². The summed E-state index contributed by atoms with van der Waals surface area (Å²) in [4.78, 5) is 16.6. The van der Waals surface area contributed by atoms with Crippen LogP contribution in [0.3, 0.4) is 0 Å². The third-order valence-corrected chi connectivity index (χ3v) is 5.56. The summed E-state index contributed by atoms with van der Waals surface area (Å²) in [6, 6.07) is 9.06. The van der Waals surface area contributed by atoms with Crippen molar-refractivity contribution in [3.63, 3.8) is 0 Å². The van der Waals surface area contributed by atoms with E-state index in [4.69, 9.17) is 27.9 Å². The monoisotopic (exact) mass is 410 g/mol. The van der Waals surface area contributed by atoms with Gasteiger partial charge in [0.15, 0.2) is 0 Å². The lowest BCUT2D eigenvalue weighted by molar-refractivity contribution is -0.908. The number of carbonyl (C=O) groups is 1. The fourth-order valence-corrected chi connectivity index (χ4v) is 3.86. The zero-order valence-electron chi connectivity index (χ0n) is 15.6. The quantitative estimate of drug-likeness (QED) is 0.760. The van der Waals surface area contributed by atoms with Crippen molar-refractivity contribution < 1.29 is 14.4 Å². The maximum absolute atomic E-state index is 13.2. The highest BCUT2D eigenvalue weighted by molar-refractivity contribution is 6.36. The average molecular weight is 411 g/mol. The van der Waals surface area contributed by atoms with Gasteiger partial charge in [0.1, 0.15) is 13.1 Å². The first-order valence-electron chi connectivity index (χ1n) is 9.30. The number of amides is 1. The molecule has 3 rings (SSSR count). The fourth-order valence-electron chi connectivity index (χ4n) is 3.37. The van der Waals surface area contributed by atoms with Crippen molar-refractivity contribution >= 4 is 29.1 Å². The van der Waals surface area contributed by atoms with Crippen LogP contribution in [0.2, 0.25) is 10.0 Å². The summed E-state index contributed by atoms with van der Waals surface area (Å²) in [6.07, 6.45) is 2.93. The van der Waals surface area contributed by atoms with Crippen LogP contribution in [-0.4, -0.2) is 54.8 Å². The first-order chi connectivity index (χ1) is 13.0. The number of quaternary nitrogens is 1. The highest BCUT2D eigenvalue weighted by atomic mass is 35.5. The molecule has 1 aromatic carbocycles. The SMILES string of the molecule is Cn1cccc1CN(CCC[NH+]1CCOCC1)C(=O)c1ccc(Cl)cc1Cl. The van der Waals surface area contributed by atoms with Crippen molar-refractivity contribution in [1.29, 1.82) is 0 Å². The van der Waals surface area contributed by atoms with E-state index in [0.29, 0.717) is 28.7 Å². The van der Waals surface area contributed by atoms with Gasteiger partial charge in [-0.3, -0.25) is 4.79 Å². The molecule has 0 bridgehead atoms. The molecule has 1 aliphatic rings. The number of aromatic nitrogens is 1. The number of aryl methyl sites for hydroxylation is 1. The molecule has 7 heteroatoms. The summed E-state index contributed by atoms with van der Waals surface area (Å²) < 4.78 is 7.45. The number of hydrogen-bond acceptors (Lipinski definition) is 2. The predicted molar refractivity (Wildman–Crippen MR) is 108 cm³/mol. The maximum Gasteiger partial charge on any atom is 0.255 e. The Morgan fingerprint density at radius 1 is 1.26 bits per heavy atom. The highest BCUT2D eigenvalue weighted by Crippen LogP contribution is 2.23. The van der Waals surface area contributed by atoms with Crippen molar-refractivity contribution in [2.45, 2.75) is 13.0 Å². The van der Waals surface area contributed by atoms with E-state index in [9.17, 15) is 4.79 Å². The second-order valence-electron chi connectivity index (χ2n) is 6.93. The molecular weight excluding hydrogens is 385 g/mol. The number of morpholine rings is 1. The average Bonchev–Trinajstić information content (AvgIpc) is 3.06. The molecule has 0 atom stereocenters. The molecule has 1 amide bonds. The van der Waals surface area contributed by atoms with Crippen LogP contribution in [0.25, 0.3) is 0 Å². The summed E-state index contributed by atoms with van der Waals surface area (Å²) in [5, 5.41) is 0.921. The van der Waals surface area contributed by atoms with Gasteiger partial charge in [-0.25, -0.2) is 0 Å². The summed E-state index contributed by atoms with van der Waals surface area (Å²) >= 11 is 12.3. The van der Waals surface area contributed by atoms with Crippen LogP contribution in [0.1, 0.15) is 22.5 Å². The molecule has 1 aliphatic heterocycles. The molecule has 1 fully saturated rings. The second kappa shape index (κ2) is 9.60. The van der Waals surface area contributed by atoms with Crippen molar-refractivity contribution in [2.24, 2.45) is 7.05 Å². The van der Waals surface area contributed by atoms with Crippen molar-refractivity contribution in [3.05, 3.63) is 57.8 Å². The van der Waals surface area contributed by atoms with Gasteiger partial charge in [0.25, 0.3) is 5.91 Å². The molecule has 0 aliphatic carbocycles. The molecule has 0 radical (unpaired) electrons. The van der Waals surface area contributed by atoms with Crippen LogP contribution < -0.4 is 4.90 Å². The Hall–Kier alpha value is -1.53. The first-order valence-corrected chi connectivity index (χ1v) is 10.1. The highest BCUT2D eigenvalue weighted by Gasteiger charge is 2.21. The van der Waals surface area contributed by atoms with Gasteiger partial charge in [-0.2, -0.15) is 0 Å². The van der Waals surface area contributed by atoms with E-state index in [1.54, 1.807) is 18.2 Å². The minimum atomic E-state index is -0.0603. The van der Waals surface area contributed by atoms with E-state index in [2.05, 4.69) is 0 Å². The fraction of sp³-hybridized carbons (Fsp3) is 0.450. The number of benzene rings is 1. The third-order valence-electron chi connectivity index (χ3n) is 5.01. The van der Waals surface area contributed by atoms with Crippen LogP contribution in [0.5, 0.6) is 0 Å². The van der Waals surface area contributed by atoms with E-state index in [-0.39, 0.29) is 5.91 Å². The van der Waals surface area contributed by atoms with Gasteiger partial charge in [0.05, 0.1) is 36.9 Å². The molecule has 0 spiro atoms. The zero-order chi connectivity index (χ0) is 19.2. The Morgan fingerprint density at radius 3 is 2.70 bits per heavy atom. The number of nitrogens with one attached hydrogen (secondary N) is 1. The standard InChI is InChI=1S/C20H25Cl2N3O2/c1-23-7-2-4-17(23)15-25(9-3-8-24-10-12-27-13-11-24)20(26)18-6-5-16(21)14-19(18)22/h2,4-7,14H,3,8-13,15H2,1H3/p+1. The Labute approximate surface area is 170 Å². The van der Waals surface area contributed by atoms with Crippen LogP contribution >= 0.6 is 23.2 Å². The van der Waals surface area contributed by atoms with E-state index < -0.39 is 0 Å². The normalized spacial score (nSPS) is 15.1. The van der Waals surface area contributed by atoms with Crippen molar-refractivity contribution in [2.75, 3.05) is 39.4 Å². The molecule has 27 heavy (non-hydrogen) atoms. The number of carbonyl (C=O) groups excluding carboxylic acids is 1. The molecule has 0 unspecified atom stereocenters. The molecule has 146 valence electrons. The Balaban J connectivity index is 1.70. The number of ether oxygens (including phenoxy) is 1. The van der Waals surface area contributed by atoms with Crippen LogP contribution in [0.15, 0.2) is 36.5 Å². The lowest BCUT2D eigenvalue weighted by Gasteiger charge is -2.27. The minimum absolute atomic E-state index is 0.0603. The van der Waals surface area contributed by atoms with Gasteiger partial charge in [0.2, 0.25) is 0 Å². The van der Waals surface area contributed by atoms with Gasteiger partial charge in [-0.15, -0.1) is 0 Å². The Kier molecular flexibility index (Phi) is 7.19. The van der Waals surface area contributed by atoms with Gasteiger partial charge in [0, 0.05) is 36.9 Å². The van der Waals surface area contributed by atoms with Crippen LogP contribution in [0, 0.1) is 0 Å². The molecule has 2 heterocycles. The topological polar surface area (TPSA) is 38.9 Å². The second-order valence-corrected chi connectivity index (χ2v) is 7.77. The Morgan fingerprint density at radius 2 is 2.04 bits per heavy atom. The van der Waals surface area contributed by atoms with E-state index in [1.807, 2.05) is 34.8 Å². The largest absolute Gasteiger partial charge is 0.370 e. The summed E-state index contributed by atoms with van der Waals surface area (Å²) in [5.41, 5.74) is 1.58. The smallest absolute Gasteiger partial charge is 0.255 e. The molecular formula is C20H26Cl2N3O2+. The van der Waals surface area contributed by atoms with E-state index in [1.165, 1.54) is 4.90 Å². The van der Waals surface area contributed by atoms with Crippen molar-refractivity contribution in [3.8, 4) is 0 Å². The van der Waals surface area contributed by atoms with Gasteiger partial charge in [-0.1, -0.05) is 23.2 Å². The number of rotatable bonds is 7. The number of halogens is 2. The van der Waals surface area contributed by atoms with Gasteiger partial charge in [-0.05, 0) is 30.3 Å². The maximum atomic E-state index is 13.2. The number of nitrogens with zero attached hydrogens (tertiary/aromatic N) is 2. The lowest BCUT2D eigenvalue weighted by Crippen LogP contribution is -3.14.